The van der Waals surface area contributed by atoms with Gasteiger partial charge in [-0.05, 0) is 43.0 Å². The topological polar surface area (TPSA) is 68.2 Å². The number of aryl methyl sites for hydroxylation is 2. The van der Waals surface area contributed by atoms with Gasteiger partial charge in [0.1, 0.15) is 6.54 Å². The van der Waals surface area contributed by atoms with Gasteiger partial charge in [0.25, 0.3) is 15.9 Å². The lowest BCUT2D eigenvalue weighted by Crippen LogP contribution is -2.33. The smallest absolute Gasteiger partial charge is 0.264 e. The van der Waals surface area contributed by atoms with E-state index < -0.39 is 15.9 Å². The first-order valence-electron chi connectivity index (χ1n) is 7.54. The zero-order valence-corrected chi connectivity index (χ0v) is 14.3. The largest absolute Gasteiger partial charge is 0.335 e. The molecule has 0 saturated heterocycles. The number of nitrogens with zero attached hydrogens (tertiary/aromatic N) is 1. The van der Waals surface area contributed by atoms with Crippen molar-refractivity contribution in [2.24, 2.45) is 0 Å². The lowest BCUT2D eigenvalue weighted by Gasteiger charge is -2.11. The van der Waals surface area contributed by atoms with Crippen LogP contribution in [0.5, 0.6) is 0 Å². The first-order chi connectivity index (χ1) is 11.4. The van der Waals surface area contributed by atoms with Gasteiger partial charge in [0.2, 0.25) is 0 Å². The molecular weight excluding hydrogens is 324 g/mol. The van der Waals surface area contributed by atoms with Crippen molar-refractivity contribution in [2.45, 2.75) is 25.3 Å². The van der Waals surface area contributed by atoms with E-state index in [4.69, 9.17) is 0 Å². The third-order valence-electron chi connectivity index (χ3n) is 3.95. The average molecular weight is 342 g/mol. The minimum atomic E-state index is -3.87. The fraction of sp³-hybridized carbons (Fsp3) is 0.167. The molecule has 0 radical (unpaired) electrons. The SMILES string of the molecule is Cc1ccccc1S(=O)(=O)NC(=O)Cn1c(C)cc2ccccc21. The highest BCUT2D eigenvalue weighted by Gasteiger charge is 2.20. The van der Waals surface area contributed by atoms with E-state index in [0.29, 0.717) is 5.56 Å². The number of carbonyl (C=O) groups excluding carboxylic acids is 1. The summed E-state index contributed by atoms with van der Waals surface area (Å²) in [6.45, 7) is 3.54. The molecule has 0 bridgehead atoms. The van der Waals surface area contributed by atoms with Gasteiger partial charge in [0.15, 0.2) is 0 Å². The third kappa shape index (κ3) is 3.05. The maximum absolute atomic E-state index is 12.4. The van der Waals surface area contributed by atoms with Gasteiger partial charge in [0.05, 0.1) is 4.90 Å². The Kier molecular flexibility index (Phi) is 4.15. The van der Waals surface area contributed by atoms with Crippen LogP contribution in [0.1, 0.15) is 11.3 Å². The molecule has 0 aliphatic heterocycles. The molecule has 2 aromatic carbocycles. The van der Waals surface area contributed by atoms with E-state index in [0.717, 1.165) is 16.6 Å². The molecule has 3 rings (SSSR count). The number of amides is 1. The van der Waals surface area contributed by atoms with Crippen molar-refractivity contribution in [1.82, 2.24) is 9.29 Å². The summed E-state index contributed by atoms with van der Waals surface area (Å²) >= 11 is 0. The van der Waals surface area contributed by atoms with E-state index in [1.165, 1.54) is 6.07 Å². The number of benzene rings is 2. The van der Waals surface area contributed by atoms with Crippen LogP contribution in [-0.2, 0) is 21.4 Å². The van der Waals surface area contributed by atoms with Crippen LogP contribution in [0, 0.1) is 13.8 Å². The van der Waals surface area contributed by atoms with E-state index in [1.807, 2.05) is 37.3 Å². The minimum Gasteiger partial charge on any atom is -0.335 e. The Morgan fingerprint density at radius 3 is 2.46 bits per heavy atom. The van der Waals surface area contributed by atoms with Crippen LogP contribution in [0.2, 0.25) is 0 Å². The monoisotopic (exact) mass is 342 g/mol. The number of sulfonamides is 1. The lowest BCUT2D eigenvalue weighted by atomic mass is 10.2. The van der Waals surface area contributed by atoms with Crippen molar-refractivity contribution in [3.63, 3.8) is 0 Å². The molecule has 124 valence electrons. The molecule has 6 heteroatoms. The number of hydrogen-bond acceptors (Lipinski definition) is 3. The molecule has 1 amide bonds. The Hall–Kier alpha value is -2.60. The highest BCUT2D eigenvalue weighted by Crippen LogP contribution is 2.19. The number of aromatic nitrogens is 1. The molecule has 1 aromatic heterocycles. The van der Waals surface area contributed by atoms with E-state index in [9.17, 15) is 13.2 Å². The third-order valence-corrected chi connectivity index (χ3v) is 5.48. The molecule has 0 aliphatic rings. The lowest BCUT2D eigenvalue weighted by molar-refractivity contribution is -0.119. The van der Waals surface area contributed by atoms with Gasteiger partial charge >= 0.3 is 0 Å². The summed E-state index contributed by atoms with van der Waals surface area (Å²) in [5.74, 6) is -0.567. The van der Waals surface area contributed by atoms with Gasteiger partial charge in [-0.15, -0.1) is 0 Å². The molecule has 0 fully saturated rings. The summed E-state index contributed by atoms with van der Waals surface area (Å²) in [7, 11) is -3.87. The van der Waals surface area contributed by atoms with E-state index >= 15 is 0 Å². The highest BCUT2D eigenvalue weighted by molar-refractivity contribution is 7.90. The van der Waals surface area contributed by atoms with Crippen molar-refractivity contribution in [3.8, 4) is 0 Å². The van der Waals surface area contributed by atoms with Crippen molar-refractivity contribution in [1.29, 1.82) is 0 Å². The predicted octanol–water partition coefficient (Wildman–Crippen LogP) is 2.76. The summed E-state index contributed by atoms with van der Waals surface area (Å²) in [5.41, 5.74) is 2.40. The van der Waals surface area contributed by atoms with Crippen LogP contribution in [0.4, 0.5) is 0 Å². The summed E-state index contributed by atoms with van der Waals surface area (Å²) in [4.78, 5) is 12.4. The van der Waals surface area contributed by atoms with Gasteiger partial charge in [-0.25, -0.2) is 13.1 Å². The van der Waals surface area contributed by atoms with Crippen molar-refractivity contribution >= 4 is 26.8 Å². The van der Waals surface area contributed by atoms with Gasteiger partial charge < -0.3 is 4.57 Å². The maximum atomic E-state index is 12.4. The minimum absolute atomic E-state index is 0.0511. The second-order valence-corrected chi connectivity index (χ2v) is 7.38. The van der Waals surface area contributed by atoms with Crippen LogP contribution in [0.25, 0.3) is 10.9 Å². The molecule has 0 saturated carbocycles. The van der Waals surface area contributed by atoms with Crippen LogP contribution >= 0.6 is 0 Å². The van der Waals surface area contributed by atoms with Crippen molar-refractivity contribution in [3.05, 3.63) is 65.9 Å². The second kappa shape index (κ2) is 6.13. The Balaban J connectivity index is 1.85. The van der Waals surface area contributed by atoms with Crippen LogP contribution < -0.4 is 4.72 Å². The zero-order chi connectivity index (χ0) is 17.3. The Labute approximate surface area is 141 Å². The normalized spacial score (nSPS) is 11.6. The van der Waals surface area contributed by atoms with E-state index in [-0.39, 0.29) is 11.4 Å². The summed E-state index contributed by atoms with van der Waals surface area (Å²) in [5, 5.41) is 1.02. The van der Waals surface area contributed by atoms with Crippen LogP contribution in [0.15, 0.2) is 59.5 Å². The van der Waals surface area contributed by atoms with Gasteiger partial charge in [-0.2, -0.15) is 0 Å². The molecule has 0 aliphatic carbocycles. The Morgan fingerprint density at radius 1 is 1.04 bits per heavy atom. The van der Waals surface area contributed by atoms with Gasteiger partial charge in [0, 0.05) is 11.2 Å². The van der Waals surface area contributed by atoms with Crippen molar-refractivity contribution < 1.29 is 13.2 Å². The number of fused-ring (bicyclic) bond motifs is 1. The molecule has 1 heterocycles. The summed E-state index contributed by atoms with van der Waals surface area (Å²) < 4.78 is 28.8. The van der Waals surface area contributed by atoms with Gasteiger partial charge in [-0.1, -0.05) is 36.4 Å². The fourth-order valence-corrected chi connectivity index (χ4v) is 4.02. The average Bonchev–Trinajstić information content (AvgIpc) is 2.83. The number of para-hydroxylation sites is 1. The summed E-state index contributed by atoms with van der Waals surface area (Å²) in [6.07, 6.45) is 0. The number of hydrogen-bond donors (Lipinski definition) is 1. The molecule has 0 unspecified atom stereocenters. The number of nitrogens with one attached hydrogen (secondary N) is 1. The maximum Gasteiger partial charge on any atom is 0.264 e. The molecule has 0 atom stereocenters. The number of rotatable bonds is 4. The first-order valence-corrected chi connectivity index (χ1v) is 9.03. The van der Waals surface area contributed by atoms with E-state index in [2.05, 4.69) is 4.72 Å². The molecule has 24 heavy (non-hydrogen) atoms. The molecule has 1 N–H and O–H groups in total. The zero-order valence-electron chi connectivity index (χ0n) is 13.5. The molecule has 5 nitrogen and oxygen atoms in total. The van der Waals surface area contributed by atoms with E-state index in [1.54, 1.807) is 29.7 Å². The van der Waals surface area contributed by atoms with Crippen LogP contribution in [-0.4, -0.2) is 18.9 Å². The predicted molar refractivity (Wildman–Crippen MR) is 93.2 cm³/mol. The van der Waals surface area contributed by atoms with Crippen LogP contribution in [0.3, 0.4) is 0 Å². The number of carbonyl (C=O) groups is 1. The first kappa shape index (κ1) is 16.3. The quantitative estimate of drug-likeness (QED) is 0.793. The second-order valence-electron chi connectivity index (χ2n) is 5.72. The molecular formula is C18H18N2O3S. The molecule has 0 spiro atoms. The summed E-state index contributed by atoms with van der Waals surface area (Å²) in [6, 6.07) is 16.2. The van der Waals surface area contributed by atoms with Gasteiger partial charge in [-0.3, -0.25) is 4.79 Å². The Morgan fingerprint density at radius 2 is 1.71 bits per heavy atom. The van der Waals surface area contributed by atoms with Crippen molar-refractivity contribution in [2.75, 3.05) is 0 Å². The molecule has 3 aromatic rings. The standard InChI is InChI=1S/C18H18N2O3S/c1-13-7-3-6-10-17(13)24(22,23)19-18(21)12-20-14(2)11-15-8-4-5-9-16(15)20/h3-11H,12H2,1-2H3,(H,19,21). The fourth-order valence-electron chi connectivity index (χ4n) is 2.80. The Bertz CT molecular complexity index is 1020. The highest BCUT2D eigenvalue weighted by atomic mass is 32.2.